The van der Waals surface area contributed by atoms with Crippen LogP contribution >= 0.6 is 0 Å². The molecule has 2 N–H and O–H groups in total. The highest BCUT2D eigenvalue weighted by molar-refractivity contribution is 5.36. The first-order valence-corrected chi connectivity index (χ1v) is 6.16. The van der Waals surface area contributed by atoms with E-state index in [0.717, 1.165) is 11.4 Å². The van der Waals surface area contributed by atoms with Crippen LogP contribution in [0.15, 0.2) is 18.3 Å². The smallest absolute Gasteiger partial charge is 0.0892 e. The number of nitrogen functional groups attached to an aromatic ring is 1. The highest BCUT2D eigenvalue weighted by atomic mass is 16.5. The molecule has 1 aliphatic carbocycles. The first-order valence-electron chi connectivity index (χ1n) is 6.16. The Morgan fingerprint density at radius 1 is 1.25 bits per heavy atom. The molecule has 2 rings (SSSR count). The fourth-order valence-electron chi connectivity index (χ4n) is 2.19. The lowest BCUT2D eigenvalue weighted by Crippen LogP contribution is -2.12. The summed E-state index contributed by atoms with van der Waals surface area (Å²) in [5.41, 5.74) is 7.39. The molecule has 16 heavy (non-hydrogen) atoms. The summed E-state index contributed by atoms with van der Waals surface area (Å²) < 4.78 is 5.89. The maximum absolute atomic E-state index is 5.89. The normalized spacial score (nSPS) is 18.2. The van der Waals surface area contributed by atoms with Crippen LogP contribution in [0.3, 0.4) is 0 Å². The van der Waals surface area contributed by atoms with Crippen LogP contribution < -0.4 is 5.73 Å². The number of hydrogen-bond acceptors (Lipinski definition) is 3. The summed E-state index contributed by atoms with van der Waals surface area (Å²) in [6.45, 7) is 0.593. The van der Waals surface area contributed by atoms with Crippen molar-refractivity contribution in [1.29, 1.82) is 0 Å². The van der Waals surface area contributed by atoms with Gasteiger partial charge in [0.2, 0.25) is 0 Å². The van der Waals surface area contributed by atoms with Gasteiger partial charge in [0.15, 0.2) is 0 Å². The number of rotatable bonds is 3. The van der Waals surface area contributed by atoms with Gasteiger partial charge in [-0.15, -0.1) is 0 Å². The Labute approximate surface area is 97.0 Å². The number of nitrogens with two attached hydrogens (primary N) is 1. The summed E-state index contributed by atoms with van der Waals surface area (Å²) in [5, 5.41) is 0. The average Bonchev–Trinajstić information content (AvgIpc) is 2.55. The highest BCUT2D eigenvalue weighted by Gasteiger charge is 2.12. The second kappa shape index (κ2) is 5.85. The predicted octanol–water partition coefficient (Wildman–Crippen LogP) is 2.90. The molecule has 3 nitrogen and oxygen atoms in total. The van der Waals surface area contributed by atoms with Crippen LogP contribution in [0.2, 0.25) is 0 Å². The Hall–Kier alpha value is -1.09. The molecule has 0 unspecified atom stereocenters. The number of aromatic nitrogens is 1. The molecular weight excluding hydrogens is 200 g/mol. The molecule has 1 fully saturated rings. The van der Waals surface area contributed by atoms with Crippen LogP contribution in [0.25, 0.3) is 0 Å². The van der Waals surface area contributed by atoms with Crippen molar-refractivity contribution in [2.24, 2.45) is 0 Å². The van der Waals surface area contributed by atoms with Crippen molar-refractivity contribution >= 4 is 5.69 Å². The third-order valence-electron chi connectivity index (χ3n) is 3.11. The molecule has 1 aromatic heterocycles. The fourth-order valence-corrected chi connectivity index (χ4v) is 2.19. The topological polar surface area (TPSA) is 48.1 Å². The van der Waals surface area contributed by atoms with Gasteiger partial charge in [0.1, 0.15) is 0 Å². The van der Waals surface area contributed by atoms with Crippen LogP contribution in [0.4, 0.5) is 5.69 Å². The van der Waals surface area contributed by atoms with Crippen molar-refractivity contribution in [3.05, 3.63) is 24.0 Å². The van der Waals surface area contributed by atoms with Gasteiger partial charge in [-0.05, 0) is 25.0 Å². The van der Waals surface area contributed by atoms with Gasteiger partial charge in [-0.25, -0.2) is 0 Å². The molecule has 0 saturated heterocycles. The van der Waals surface area contributed by atoms with E-state index in [0.29, 0.717) is 12.7 Å². The largest absolute Gasteiger partial charge is 0.399 e. The number of hydrogen-bond donors (Lipinski definition) is 1. The number of nitrogens with zero attached hydrogens (tertiary/aromatic N) is 1. The summed E-state index contributed by atoms with van der Waals surface area (Å²) in [4.78, 5) is 4.24. The first kappa shape index (κ1) is 11.4. The molecule has 88 valence electrons. The van der Waals surface area contributed by atoms with Crippen LogP contribution in [-0.2, 0) is 11.3 Å². The van der Waals surface area contributed by atoms with Gasteiger partial charge >= 0.3 is 0 Å². The molecule has 3 heteroatoms. The maximum atomic E-state index is 5.89. The first-order chi connectivity index (χ1) is 7.84. The van der Waals surface area contributed by atoms with Gasteiger partial charge in [-0.2, -0.15) is 0 Å². The summed E-state index contributed by atoms with van der Waals surface area (Å²) in [7, 11) is 0. The van der Waals surface area contributed by atoms with Gasteiger partial charge in [-0.1, -0.05) is 25.7 Å². The molecule has 1 aliphatic rings. The van der Waals surface area contributed by atoms with Crippen molar-refractivity contribution in [1.82, 2.24) is 4.98 Å². The molecule has 0 spiro atoms. The Kier molecular flexibility index (Phi) is 4.17. The molecule has 0 atom stereocenters. The third-order valence-corrected chi connectivity index (χ3v) is 3.11. The second-order valence-corrected chi connectivity index (χ2v) is 4.51. The van der Waals surface area contributed by atoms with Crippen molar-refractivity contribution in [3.63, 3.8) is 0 Å². The zero-order valence-corrected chi connectivity index (χ0v) is 9.69. The van der Waals surface area contributed by atoms with Gasteiger partial charge in [0, 0.05) is 11.9 Å². The predicted molar refractivity (Wildman–Crippen MR) is 64.9 cm³/mol. The maximum Gasteiger partial charge on any atom is 0.0892 e. The van der Waals surface area contributed by atoms with E-state index in [-0.39, 0.29) is 0 Å². The van der Waals surface area contributed by atoms with Crippen LogP contribution in [0.5, 0.6) is 0 Å². The summed E-state index contributed by atoms with van der Waals surface area (Å²) in [5.74, 6) is 0. The standard InChI is InChI=1S/C13H20N2O/c14-11-7-8-15-12(9-11)10-16-13-5-3-1-2-4-6-13/h7-9,13H,1-6,10H2,(H2,14,15). The minimum absolute atomic E-state index is 0.422. The molecule has 0 amide bonds. The van der Waals surface area contributed by atoms with E-state index in [9.17, 15) is 0 Å². The molecule has 0 aliphatic heterocycles. The van der Waals surface area contributed by atoms with E-state index in [1.54, 1.807) is 12.3 Å². The average molecular weight is 220 g/mol. The van der Waals surface area contributed by atoms with Crippen molar-refractivity contribution < 1.29 is 4.74 Å². The van der Waals surface area contributed by atoms with Crippen molar-refractivity contribution in [2.75, 3.05) is 5.73 Å². The fraction of sp³-hybridized carbons (Fsp3) is 0.615. The summed E-state index contributed by atoms with van der Waals surface area (Å²) >= 11 is 0. The molecule has 1 aromatic rings. The molecule has 1 saturated carbocycles. The SMILES string of the molecule is Nc1ccnc(COC2CCCCCC2)c1. The second-order valence-electron chi connectivity index (χ2n) is 4.51. The number of ether oxygens (including phenoxy) is 1. The highest BCUT2D eigenvalue weighted by Crippen LogP contribution is 2.20. The van der Waals surface area contributed by atoms with E-state index < -0.39 is 0 Å². The van der Waals surface area contributed by atoms with E-state index in [4.69, 9.17) is 10.5 Å². The van der Waals surface area contributed by atoms with Crippen LogP contribution in [-0.4, -0.2) is 11.1 Å². The third kappa shape index (κ3) is 3.49. The Balaban J connectivity index is 1.81. The molecule has 0 bridgehead atoms. The van der Waals surface area contributed by atoms with Gasteiger partial charge < -0.3 is 10.5 Å². The van der Waals surface area contributed by atoms with Gasteiger partial charge in [0.05, 0.1) is 18.4 Å². The minimum atomic E-state index is 0.422. The monoisotopic (exact) mass is 220 g/mol. The van der Waals surface area contributed by atoms with Crippen molar-refractivity contribution in [3.8, 4) is 0 Å². The van der Waals surface area contributed by atoms with Crippen molar-refractivity contribution in [2.45, 2.75) is 51.2 Å². The zero-order chi connectivity index (χ0) is 11.2. The lowest BCUT2D eigenvalue weighted by atomic mass is 10.1. The summed E-state index contributed by atoms with van der Waals surface area (Å²) in [6.07, 6.45) is 9.87. The van der Waals surface area contributed by atoms with E-state index in [2.05, 4.69) is 4.98 Å². The van der Waals surface area contributed by atoms with E-state index >= 15 is 0 Å². The van der Waals surface area contributed by atoms with E-state index in [1.807, 2.05) is 6.07 Å². The Bertz CT molecular complexity index is 319. The molecule has 0 radical (unpaired) electrons. The lowest BCUT2D eigenvalue weighted by molar-refractivity contribution is 0.0292. The number of pyridine rings is 1. The Morgan fingerprint density at radius 3 is 2.69 bits per heavy atom. The summed E-state index contributed by atoms with van der Waals surface area (Å²) in [6, 6.07) is 3.69. The van der Waals surface area contributed by atoms with Gasteiger partial charge in [-0.3, -0.25) is 4.98 Å². The van der Waals surface area contributed by atoms with Crippen LogP contribution in [0.1, 0.15) is 44.2 Å². The van der Waals surface area contributed by atoms with Crippen LogP contribution in [0, 0.1) is 0 Å². The van der Waals surface area contributed by atoms with Gasteiger partial charge in [0.25, 0.3) is 0 Å². The minimum Gasteiger partial charge on any atom is -0.399 e. The Morgan fingerprint density at radius 2 is 2.00 bits per heavy atom. The number of anilines is 1. The lowest BCUT2D eigenvalue weighted by Gasteiger charge is -2.14. The quantitative estimate of drug-likeness (QED) is 0.797. The molecular formula is C13H20N2O. The molecule has 0 aromatic carbocycles. The molecule has 1 heterocycles. The zero-order valence-electron chi connectivity index (χ0n) is 9.69. The van der Waals surface area contributed by atoms with E-state index in [1.165, 1.54) is 38.5 Å².